The maximum Gasteiger partial charge on any atom is 0.250 e. The highest BCUT2D eigenvalue weighted by atomic mass is 35.5. The zero-order chi connectivity index (χ0) is 22.8. The van der Waals surface area contributed by atoms with E-state index in [0.717, 1.165) is 12.8 Å². The van der Waals surface area contributed by atoms with Crippen LogP contribution in [0.2, 0.25) is 10.0 Å². The molecule has 1 saturated heterocycles. The second-order valence-corrected chi connectivity index (χ2v) is 9.50. The molecule has 1 aliphatic carbocycles. The third kappa shape index (κ3) is 2.97. The fraction of sp³-hybridized carbons (Fsp3) is 0.409. The van der Waals surface area contributed by atoms with E-state index in [1.807, 2.05) is 0 Å². The van der Waals surface area contributed by atoms with Gasteiger partial charge >= 0.3 is 0 Å². The standard InChI is InChI=1S/C22H20Cl2FN3O4/c23-12-6-7-14-16(8-12)26-21(30)22(14)18(13-2-1-3-15(24)19(13)25)20(28(31)32)17(10-29)27(22)9-11-4-5-11/h1-3,6-8,11,17-18,20,29H,4-5,9-10H2,(H,26,30)/t17-,18-,20+,22+/m0/s1. The van der Waals surface area contributed by atoms with Crippen molar-refractivity contribution >= 4 is 34.8 Å². The number of fused-ring (bicyclic) bond motifs is 2. The van der Waals surface area contributed by atoms with Crippen LogP contribution in [0.25, 0.3) is 0 Å². The molecule has 32 heavy (non-hydrogen) atoms. The quantitative estimate of drug-likeness (QED) is 0.502. The van der Waals surface area contributed by atoms with Gasteiger partial charge in [0.1, 0.15) is 17.4 Å². The molecule has 3 aliphatic rings. The number of benzene rings is 2. The average molecular weight is 480 g/mol. The lowest BCUT2D eigenvalue weighted by Gasteiger charge is -2.38. The van der Waals surface area contributed by atoms with E-state index in [1.54, 1.807) is 23.1 Å². The van der Waals surface area contributed by atoms with E-state index in [9.17, 15) is 20.0 Å². The summed E-state index contributed by atoms with van der Waals surface area (Å²) in [4.78, 5) is 27.3. The number of nitro groups is 1. The van der Waals surface area contributed by atoms with Crippen molar-refractivity contribution < 1.29 is 19.2 Å². The fourth-order valence-electron chi connectivity index (χ4n) is 5.48. The summed E-state index contributed by atoms with van der Waals surface area (Å²) in [7, 11) is 0. The van der Waals surface area contributed by atoms with E-state index < -0.39 is 46.8 Å². The summed E-state index contributed by atoms with van der Waals surface area (Å²) in [6.45, 7) is -0.168. The topological polar surface area (TPSA) is 95.7 Å². The third-order valence-electron chi connectivity index (χ3n) is 6.92. The zero-order valence-electron chi connectivity index (χ0n) is 16.8. The molecule has 2 aromatic carbocycles. The molecule has 4 atom stereocenters. The van der Waals surface area contributed by atoms with Gasteiger partial charge in [0.25, 0.3) is 5.91 Å². The maximum atomic E-state index is 15.3. The Morgan fingerprint density at radius 2 is 2.03 bits per heavy atom. The molecule has 0 aromatic heterocycles. The normalized spacial score (nSPS) is 29.4. The molecule has 0 radical (unpaired) electrons. The second-order valence-electron chi connectivity index (χ2n) is 8.65. The zero-order valence-corrected chi connectivity index (χ0v) is 18.3. The molecule has 0 unspecified atom stereocenters. The van der Waals surface area contributed by atoms with Crippen molar-refractivity contribution in [2.45, 2.75) is 36.4 Å². The number of hydrogen-bond acceptors (Lipinski definition) is 5. The van der Waals surface area contributed by atoms with Gasteiger partial charge in [-0.15, -0.1) is 0 Å². The second kappa shape index (κ2) is 7.66. The van der Waals surface area contributed by atoms with Crippen LogP contribution in [0.4, 0.5) is 10.1 Å². The van der Waals surface area contributed by atoms with Crippen LogP contribution < -0.4 is 5.32 Å². The van der Waals surface area contributed by atoms with Gasteiger partial charge in [0.15, 0.2) is 0 Å². The minimum Gasteiger partial charge on any atom is -0.394 e. The Morgan fingerprint density at radius 3 is 2.69 bits per heavy atom. The number of nitrogens with zero attached hydrogens (tertiary/aromatic N) is 2. The minimum absolute atomic E-state index is 0.0195. The summed E-state index contributed by atoms with van der Waals surface area (Å²) >= 11 is 12.2. The van der Waals surface area contributed by atoms with Crippen molar-refractivity contribution in [1.82, 2.24) is 4.90 Å². The highest BCUT2D eigenvalue weighted by molar-refractivity contribution is 6.31. The van der Waals surface area contributed by atoms with Crippen LogP contribution in [0.5, 0.6) is 0 Å². The van der Waals surface area contributed by atoms with Crippen LogP contribution in [0.3, 0.4) is 0 Å². The van der Waals surface area contributed by atoms with Crippen molar-refractivity contribution in [3.8, 4) is 0 Å². The summed E-state index contributed by atoms with van der Waals surface area (Å²) in [5.41, 5.74) is -0.691. The van der Waals surface area contributed by atoms with Crippen LogP contribution in [-0.4, -0.2) is 46.1 Å². The maximum absolute atomic E-state index is 15.3. The van der Waals surface area contributed by atoms with E-state index in [2.05, 4.69) is 5.32 Å². The monoisotopic (exact) mass is 479 g/mol. The SMILES string of the molecule is O=C1Nc2cc(Cl)ccc2[C@@]12[C@@H](c1cccc(Cl)c1F)[C@H]([N+](=O)[O-])[C@H](CO)N2CC1CC1. The number of aliphatic hydroxyl groups excluding tert-OH is 1. The van der Waals surface area contributed by atoms with Crippen LogP contribution in [-0.2, 0) is 10.3 Å². The Kier molecular flexibility index (Phi) is 5.16. The van der Waals surface area contributed by atoms with Crippen molar-refractivity contribution in [2.75, 3.05) is 18.5 Å². The van der Waals surface area contributed by atoms with Gasteiger partial charge in [-0.2, -0.15) is 0 Å². The molecule has 2 N–H and O–H groups in total. The Bertz CT molecular complexity index is 1130. The number of rotatable bonds is 5. The molecule has 1 spiro atoms. The van der Waals surface area contributed by atoms with E-state index >= 15 is 4.39 Å². The lowest BCUT2D eigenvalue weighted by atomic mass is 9.73. The number of amides is 1. The minimum atomic E-state index is -1.58. The highest BCUT2D eigenvalue weighted by Gasteiger charge is 2.71. The molecule has 0 bridgehead atoms. The van der Waals surface area contributed by atoms with Crippen molar-refractivity contribution in [1.29, 1.82) is 0 Å². The lowest BCUT2D eigenvalue weighted by molar-refractivity contribution is -0.528. The number of nitrogens with one attached hydrogen (secondary N) is 1. The Hall–Kier alpha value is -2.26. The van der Waals surface area contributed by atoms with E-state index in [-0.39, 0.29) is 16.5 Å². The highest BCUT2D eigenvalue weighted by Crippen LogP contribution is 2.59. The molecule has 2 aliphatic heterocycles. The van der Waals surface area contributed by atoms with Crippen molar-refractivity contribution in [3.63, 3.8) is 0 Å². The summed E-state index contributed by atoms with van der Waals surface area (Å²) in [5.74, 6) is -2.26. The largest absolute Gasteiger partial charge is 0.394 e. The molecular formula is C22H20Cl2FN3O4. The van der Waals surface area contributed by atoms with Gasteiger partial charge in [-0.25, -0.2) is 4.39 Å². The number of anilines is 1. The number of aliphatic hydroxyl groups is 1. The van der Waals surface area contributed by atoms with E-state index in [0.29, 0.717) is 22.8 Å². The third-order valence-corrected chi connectivity index (χ3v) is 7.45. The molecule has 2 fully saturated rings. The van der Waals surface area contributed by atoms with Crippen LogP contribution in [0.15, 0.2) is 36.4 Å². The molecule has 2 heterocycles. The van der Waals surface area contributed by atoms with Gasteiger partial charge in [-0.1, -0.05) is 41.4 Å². The summed E-state index contributed by atoms with van der Waals surface area (Å²) in [5, 5.41) is 25.7. The van der Waals surface area contributed by atoms with Crippen LogP contribution in [0.1, 0.15) is 29.9 Å². The summed E-state index contributed by atoms with van der Waals surface area (Å²) < 4.78 is 15.3. The molecular weight excluding hydrogens is 460 g/mol. The molecule has 168 valence electrons. The number of hydrogen-bond donors (Lipinski definition) is 2. The lowest BCUT2D eigenvalue weighted by Crippen LogP contribution is -2.53. The first-order valence-electron chi connectivity index (χ1n) is 10.4. The Morgan fingerprint density at radius 1 is 1.28 bits per heavy atom. The number of carbonyl (C=O) groups excluding carboxylic acids is 1. The average Bonchev–Trinajstić information content (AvgIpc) is 3.45. The van der Waals surface area contributed by atoms with Crippen molar-refractivity contribution in [3.05, 3.63) is 73.5 Å². The van der Waals surface area contributed by atoms with Crippen molar-refractivity contribution in [2.24, 2.45) is 5.92 Å². The summed E-state index contributed by atoms with van der Waals surface area (Å²) in [6, 6.07) is 6.73. The summed E-state index contributed by atoms with van der Waals surface area (Å²) in [6.07, 6.45) is 1.86. The number of likely N-dealkylation sites (tertiary alicyclic amines) is 1. The molecule has 5 rings (SSSR count). The predicted octanol–water partition coefficient (Wildman–Crippen LogP) is 3.80. The van der Waals surface area contributed by atoms with Gasteiger partial charge in [0, 0.05) is 33.3 Å². The first kappa shape index (κ1) is 21.6. The smallest absolute Gasteiger partial charge is 0.250 e. The number of halogens is 3. The fourth-order valence-corrected chi connectivity index (χ4v) is 5.83. The van der Waals surface area contributed by atoms with Gasteiger partial charge < -0.3 is 10.4 Å². The van der Waals surface area contributed by atoms with Gasteiger partial charge in [-0.05, 0) is 37.0 Å². The first-order chi connectivity index (χ1) is 15.3. The molecule has 1 amide bonds. The van der Waals surface area contributed by atoms with E-state index in [4.69, 9.17) is 23.2 Å². The predicted molar refractivity (Wildman–Crippen MR) is 117 cm³/mol. The Labute approximate surface area is 193 Å². The number of carbonyl (C=O) groups is 1. The molecule has 10 heteroatoms. The van der Waals surface area contributed by atoms with Gasteiger partial charge in [0.2, 0.25) is 6.04 Å². The van der Waals surface area contributed by atoms with Gasteiger partial charge in [-0.3, -0.25) is 19.8 Å². The molecule has 7 nitrogen and oxygen atoms in total. The molecule has 1 saturated carbocycles. The van der Waals surface area contributed by atoms with E-state index in [1.165, 1.54) is 18.2 Å². The van der Waals surface area contributed by atoms with Crippen LogP contribution >= 0.6 is 23.2 Å². The first-order valence-corrected chi connectivity index (χ1v) is 11.1. The molecule has 2 aromatic rings. The Balaban J connectivity index is 1.83. The van der Waals surface area contributed by atoms with Crippen LogP contribution in [0, 0.1) is 21.8 Å². The van der Waals surface area contributed by atoms with Gasteiger partial charge in [0.05, 0.1) is 17.5 Å².